The normalized spacial score (nSPS) is 13.9. The van der Waals surface area contributed by atoms with Crippen molar-refractivity contribution in [1.82, 2.24) is 5.32 Å². The maximum absolute atomic E-state index is 12.0. The van der Waals surface area contributed by atoms with E-state index in [1.54, 1.807) is 24.3 Å². The highest BCUT2D eigenvalue weighted by Gasteiger charge is 2.24. The van der Waals surface area contributed by atoms with Crippen molar-refractivity contribution in [1.29, 1.82) is 0 Å². The molecule has 0 heterocycles. The lowest BCUT2D eigenvalue weighted by Gasteiger charge is -2.10. The summed E-state index contributed by atoms with van der Waals surface area (Å²) in [4.78, 5) is 23.7. The molecular formula is C14H19N3O2. The van der Waals surface area contributed by atoms with E-state index in [1.807, 2.05) is 0 Å². The molecule has 0 atom stereocenters. The van der Waals surface area contributed by atoms with Crippen molar-refractivity contribution >= 4 is 17.5 Å². The number of hydrogen-bond donors (Lipinski definition) is 3. The molecule has 102 valence electrons. The minimum Gasteiger partial charge on any atom is -0.349 e. The number of carbonyl (C=O) groups is 2. The standard InChI is InChI=1S/C14H19N3O2/c15-9-3-6-13(18)17-12-5-2-1-4-11(12)14(19)16-10-7-8-10/h1-2,4-5,10H,3,6-9,15H2,(H,16,19)(H,17,18). The van der Waals surface area contributed by atoms with Crippen LogP contribution >= 0.6 is 0 Å². The van der Waals surface area contributed by atoms with E-state index in [4.69, 9.17) is 5.73 Å². The Morgan fingerprint density at radius 3 is 2.68 bits per heavy atom. The smallest absolute Gasteiger partial charge is 0.253 e. The predicted molar refractivity (Wildman–Crippen MR) is 73.8 cm³/mol. The molecule has 0 aliphatic heterocycles. The lowest BCUT2D eigenvalue weighted by molar-refractivity contribution is -0.116. The first-order valence-corrected chi connectivity index (χ1v) is 6.60. The summed E-state index contributed by atoms with van der Waals surface area (Å²) >= 11 is 0. The second kappa shape index (κ2) is 6.33. The Bertz CT molecular complexity index is 470. The molecule has 0 spiro atoms. The van der Waals surface area contributed by atoms with Crippen LogP contribution in [0.1, 0.15) is 36.0 Å². The summed E-state index contributed by atoms with van der Waals surface area (Å²) in [6.07, 6.45) is 3.09. The zero-order chi connectivity index (χ0) is 13.7. The lowest BCUT2D eigenvalue weighted by Crippen LogP contribution is -2.27. The fourth-order valence-corrected chi connectivity index (χ4v) is 1.76. The maximum Gasteiger partial charge on any atom is 0.253 e. The van der Waals surface area contributed by atoms with E-state index in [2.05, 4.69) is 10.6 Å². The highest BCUT2D eigenvalue weighted by atomic mass is 16.2. The molecule has 19 heavy (non-hydrogen) atoms. The van der Waals surface area contributed by atoms with Gasteiger partial charge in [0.2, 0.25) is 5.91 Å². The van der Waals surface area contributed by atoms with E-state index >= 15 is 0 Å². The molecule has 2 rings (SSSR count). The molecule has 1 aliphatic rings. The number of nitrogens with two attached hydrogens (primary N) is 1. The second-order valence-corrected chi connectivity index (χ2v) is 4.73. The summed E-state index contributed by atoms with van der Waals surface area (Å²) in [5.41, 5.74) is 6.43. The van der Waals surface area contributed by atoms with E-state index < -0.39 is 0 Å². The SMILES string of the molecule is NCCCC(=O)Nc1ccccc1C(=O)NC1CC1. The summed E-state index contributed by atoms with van der Waals surface area (Å²) in [6, 6.07) is 7.34. The molecule has 1 aromatic carbocycles. The van der Waals surface area contributed by atoms with Crippen LogP contribution in [0.15, 0.2) is 24.3 Å². The Morgan fingerprint density at radius 2 is 2.00 bits per heavy atom. The largest absolute Gasteiger partial charge is 0.349 e. The first-order chi connectivity index (χ1) is 9.20. The molecule has 0 bridgehead atoms. The van der Waals surface area contributed by atoms with Gasteiger partial charge in [-0.2, -0.15) is 0 Å². The number of carbonyl (C=O) groups excluding carboxylic acids is 2. The van der Waals surface area contributed by atoms with Crippen LogP contribution in [-0.2, 0) is 4.79 Å². The average molecular weight is 261 g/mol. The minimum atomic E-state index is -0.128. The first-order valence-electron chi connectivity index (χ1n) is 6.60. The van der Waals surface area contributed by atoms with Gasteiger partial charge in [0, 0.05) is 12.5 Å². The molecule has 5 nitrogen and oxygen atoms in total. The van der Waals surface area contributed by atoms with Gasteiger partial charge in [0.25, 0.3) is 5.91 Å². The van der Waals surface area contributed by atoms with Crippen LogP contribution in [0.2, 0.25) is 0 Å². The van der Waals surface area contributed by atoms with Crippen LogP contribution < -0.4 is 16.4 Å². The number of nitrogens with one attached hydrogen (secondary N) is 2. The topological polar surface area (TPSA) is 84.2 Å². The van der Waals surface area contributed by atoms with Crippen LogP contribution in [0.4, 0.5) is 5.69 Å². The van der Waals surface area contributed by atoms with Gasteiger partial charge in [0.05, 0.1) is 11.3 Å². The van der Waals surface area contributed by atoms with E-state index in [1.165, 1.54) is 0 Å². The van der Waals surface area contributed by atoms with E-state index in [0.29, 0.717) is 36.7 Å². The number of rotatable bonds is 6. The molecular weight excluding hydrogens is 242 g/mol. The van der Waals surface area contributed by atoms with Crippen LogP contribution in [-0.4, -0.2) is 24.4 Å². The van der Waals surface area contributed by atoms with Crippen LogP contribution in [0.25, 0.3) is 0 Å². The summed E-state index contributed by atoms with van der Waals surface area (Å²) < 4.78 is 0. The number of benzene rings is 1. The van der Waals surface area contributed by atoms with Gasteiger partial charge in [-0.15, -0.1) is 0 Å². The van der Waals surface area contributed by atoms with Crippen LogP contribution in [0.3, 0.4) is 0 Å². The highest BCUT2D eigenvalue weighted by molar-refractivity contribution is 6.03. The van der Waals surface area contributed by atoms with Gasteiger partial charge < -0.3 is 16.4 Å². The van der Waals surface area contributed by atoms with Gasteiger partial charge in [-0.25, -0.2) is 0 Å². The molecule has 5 heteroatoms. The second-order valence-electron chi connectivity index (χ2n) is 4.73. The molecule has 0 saturated heterocycles. The van der Waals surface area contributed by atoms with Gasteiger partial charge in [-0.1, -0.05) is 12.1 Å². The van der Waals surface area contributed by atoms with Crippen molar-refractivity contribution < 1.29 is 9.59 Å². The fourth-order valence-electron chi connectivity index (χ4n) is 1.76. The zero-order valence-corrected chi connectivity index (χ0v) is 10.8. The van der Waals surface area contributed by atoms with Crippen molar-refractivity contribution in [2.75, 3.05) is 11.9 Å². The highest BCUT2D eigenvalue weighted by Crippen LogP contribution is 2.21. The number of anilines is 1. The fraction of sp³-hybridized carbons (Fsp3) is 0.429. The molecule has 0 unspecified atom stereocenters. The van der Waals surface area contributed by atoms with Gasteiger partial charge >= 0.3 is 0 Å². The minimum absolute atomic E-state index is 0.114. The molecule has 0 radical (unpaired) electrons. The van der Waals surface area contributed by atoms with Crippen LogP contribution in [0.5, 0.6) is 0 Å². The monoisotopic (exact) mass is 261 g/mol. The summed E-state index contributed by atoms with van der Waals surface area (Å²) in [5.74, 6) is -0.241. The molecule has 1 fully saturated rings. The summed E-state index contributed by atoms with van der Waals surface area (Å²) in [5, 5.41) is 5.68. The molecule has 1 aromatic rings. The van der Waals surface area contributed by atoms with Crippen molar-refractivity contribution in [3.63, 3.8) is 0 Å². The Labute approximate surface area is 112 Å². The van der Waals surface area contributed by atoms with E-state index in [-0.39, 0.29) is 11.8 Å². The third-order valence-electron chi connectivity index (χ3n) is 2.97. The summed E-state index contributed by atoms with van der Waals surface area (Å²) in [7, 11) is 0. The van der Waals surface area contributed by atoms with Crippen LogP contribution in [0, 0.1) is 0 Å². The summed E-state index contributed by atoms with van der Waals surface area (Å²) in [6.45, 7) is 0.483. The molecule has 0 aromatic heterocycles. The van der Waals surface area contributed by atoms with E-state index in [9.17, 15) is 9.59 Å². The number of para-hydroxylation sites is 1. The molecule has 1 aliphatic carbocycles. The van der Waals surface area contributed by atoms with Crippen molar-refractivity contribution in [2.24, 2.45) is 5.73 Å². The Morgan fingerprint density at radius 1 is 1.26 bits per heavy atom. The molecule has 2 amide bonds. The molecule has 1 saturated carbocycles. The quantitative estimate of drug-likeness (QED) is 0.720. The van der Waals surface area contributed by atoms with Crippen molar-refractivity contribution in [3.05, 3.63) is 29.8 Å². The van der Waals surface area contributed by atoms with Gasteiger partial charge in [-0.3, -0.25) is 9.59 Å². The number of amides is 2. The van der Waals surface area contributed by atoms with Crippen molar-refractivity contribution in [2.45, 2.75) is 31.7 Å². The third-order valence-corrected chi connectivity index (χ3v) is 2.97. The Balaban J connectivity index is 2.02. The average Bonchev–Trinajstić information content (AvgIpc) is 3.21. The van der Waals surface area contributed by atoms with Crippen molar-refractivity contribution in [3.8, 4) is 0 Å². The van der Waals surface area contributed by atoms with E-state index in [0.717, 1.165) is 12.8 Å². The first kappa shape index (κ1) is 13.5. The number of hydrogen-bond acceptors (Lipinski definition) is 3. The zero-order valence-electron chi connectivity index (χ0n) is 10.8. The lowest BCUT2D eigenvalue weighted by atomic mass is 10.1. The predicted octanol–water partition coefficient (Wildman–Crippen LogP) is 1.26. The maximum atomic E-state index is 12.0. The van der Waals surface area contributed by atoms with Gasteiger partial charge in [0.1, 0.15) is 0 Å². The van der Waals surface area contributed by atoms with Gasteiger partial charge in [-0.05, 0) is 37.9 Å². The Kier molecular flexibility index (Phi) is 4.52. The Hall–Kier alpha value is -1.88. The third kappa shape index (κ3) is 4.06. The van der Waals surface area contributed by atoms with Gasteiger partial charge in [0.15, 0.2) is 0 Å². The molecule has 4 N–H and O–H groups in total.